The van der Waals surface area contributed by atoms with E-state index in [1.807, 2.05) is 96.9 Å². The van der Waals surface area contributed by atoms with Crippen LogP contribution in [-0.4, -0.2) is 153 Å². The second-order valence-corrected chi connectivity index (χ2v) is 33.6. The van der Waals surface area contributed by atoms with Crippen LogP contribution in [0.2, 0.25) is 0 Å². The van der Waals surface area contributed by atoms with Crippen LogP contribution in [-0.2, 0) is 119 Å². The molecule has 0 spiro atoms. The fourth-order valence-electron chi connectivity index (χ4n) is 12.2. The molecule has 0 N–H and O–H groups in total. The number of hydrogen-bond donors (Lipinski definition) is 0. The van der Waals surface area contributed by atoms with Gasteiger partial charge in [0.1, 0.15) is 41.2 Å². The number of hydrogen-bond acceptors (Lipinski definition) is 25. The zero-order valence-corrected chi connectivity index (χ0v) is 70.9. The lowest BCUT2D eigenvalue weighted by Crippen LogP contribution is -2.38. The highest BCUT2D eigenvalue weighted by atomic mass is 16.7. The summed E-state index contributed by atoms with van der Waals surface area (Å²) in [5.74, 6) is -5.09. The van der Waals surface area contributed by atoms with Crippen LogP contribution in [0.1, 0.15) is 357 Å². The molecule has 0 aromatic rings. The molecule has 0 aliphatic heterocycles. The molecule has 109 heavy (non-hydrogen) atoms. The zero-order valence-electron chi connectivity index (χ0n) is 70.9. The molecule has 5 fully saturated rings. The Morgan fingerprint density at radius 3 is 0.780 bits per heavy atom. The van der Waals surface area contributed by atoms with Crippen molar-refractivity contribution in [3.05, 3.63) is 0 Å². The molecule has 0 atom stereocenters. The normalized spacial score (nSPS) is 17.5. The van der Waals surface area contributed by atoms with E-state index in [0.717, 1.165) is 161 Å². The molecule has 0 unspecified atom stereocenters. The molecule has 0 saturated heterocycles. The van der Waals surface area contributed by atoms with Gasteiger partial charge in [-0.15, -0.1) is 0 Å². The van der Waals surface area contributed by atoms with Crippen LogP contribution >= 0.6 is 0 Å². The van der Waals surface area contributed by atoms with Gasteiger partial charge in [-0.25, -0.2) is 19.2 Å². The van der Waals surface area contributed by atoms with E-state index in [4.69, 9.17) is 61.6 Å². The van der Waals surface area contributed by atoms with Gasteiger partial charge >= 0.3 is 71.6 Å². The van der Waals surface area contributed by atoms with Gasteiger partial charge in [-0.3, -0.25) is 38.4 Å². The Morgan fingerprint density at radius 2 is 0.486 bits per heavy atom. The van der Waals surface area contributed by atoms with Gasteiger partial charge in [0.05, 0.1) is 52.9 Å². The molecular weight excluding hydrogens is 1410 g/mol. The summed E-state index contributed by atoms with van der Waals surface area (Å²) >= 11 is 0. The Labute approximate surface area is 652 Å². The maximum Gasteiger partial charge on any atom is 0.344 e. The number of rotatable bonds is 37. The first kappa shape index (κ1) is 101. The van der Waals surface area contributed by atoms with E-state index in [2.05, 4.69) is 13.8 Å². The molecule has 5 rings (SSSR count). The van der Waals surface area contributed by atoms with Crippen LogP contribution in [0.3, 0.4) is 0 Å². The minimum atomic E-state index is -0.756. The van der Waals surface area contributed by atoms with Gasteiger partial charge in [-0.1, -0.05) is 74.7 Å². The third-order valence-electron chi connectivity index (χ3n) is 22.6. The van der Waals surface area contributed by atoms with E-state index in [1.165, 1.54) is 12.8 Å². The highest BCUT2D eigenvalue weighted by molar-refractivity contribution is 5.83. The topological polar surface area (TPSA) is 325 Å². The number of carbonyl (C=O) groups excluding carboxylic acids is 12. The predicted molar refractivity (Wildman–Crippen MR) is 409 cm³/mol. The van der Waals surface area contributed by atoms with Gasteiger partial charge in [0.2, 0.25) is 0 Å². The monoisotopic (exact) mass is 1550 g/mol. The van der Waals surface area contributed by atoms with E-state index in [0.29, 0.717) is 25.7 Å². The summed E-state index contributed by atoms with van der Waals surface area (Å²) in [6.07, 6.45) is 29.9. The molecule has 0 bridgehead atoms. The second-order valence-electron chi connectivity index (χ2n) is 33.6. The molecule has 0 amide bonds. The Morgan fingerprint density at radius 1 is 0.257 bits per heavy atom. The van der Waals surface area contributed by atoms with Gasteiger partial charge in [0.15, 0.2) is 33.2 Å². The summed E-state index contributed by atoms with van der Waals surface area (Å²) < 4.78 is 67.7. The first-order chi connectivity index (χ1) is 50.9. The van der Waals surface area contributed by atoms with Gasteiger partial charge in [0, 0.05) is 0 Å². The van der Waals surface area contributed by atoms with Gasteiger partial charge in [-0.2, -0.15) is 0 Å². The maximum atomic E-state index is 12.0. The molecule has 5 aliphatic rings. The number of ether oxygens (including phenoxy) is 13. The molecule has 5 saturated carbocycles. The van der Waals surface area contributed by atoms with Crippen molar-refractivity contribution in [2.75, 3.05) is 53.0 Å². The van der Waals surface area contributed by atoms with Crippen LogP contribution in [0.5, 0.6) is 0 Å². The highest BCUT2D eigenvalue weighted by Crippen LogP contribution is 2.39. The van der Waals surface area contributed by atoms with Crippen molar-refractivity contribution in [2.45, 2.75) is 385 Å². The molecule has 0 aromatic heterocycles. The fourth-order valence-corrected chi connectivity index (χ4v) is 12.2. The third-order valence-corrected chi connectivity index (χ3v) is 22.6. The summed E-state index contributed by atoms with van der Waals surface area (Å²) in [5, 5.41) is 0. The molecule has 25 heteroatoms. The van der Waals surface area contributed by atoms with E-state index >= 15 is 0 Å². The van der Waals surface area contributed by atoms with Crippen LogP contribution in [0.15, 0.2) is 0 Å². The van der Waals surface area contributed by atoms with E-state index in [9.17, 15) is 57.5 Å². The first-order valence-electron chi connectivity index (χ1n) is 40.8. The second kappa shape index (κ2) is 49.2. The third kappa shape index (κ3) is 39.1. The van der Waals surface area contributed by atoms with Crippen molar-refractivity contribution in [2.24, 2.45) is 27.1 Å². The summed E-state index contributed by atoms with van der Waals surface area (Å²) in [4.78, 5) is 141. The minimum Gasteiger partial charge on any atom is -0.465 e. The quantitative estimate of drug-likeness (QED) is 0.0241. The Kier molecular flexibility index (Phi) is 45.4. The summed E-state index contributed by atoms with van der Waals surface area (Å²) in [6.45, 7) is 36.0. The van der Waals surface area contributed by atoms with Crippen molar-refractivity contribution in [1.82, 2.24) is 0 Å². The lowest BCUT2D eigenvalue weighted by Gasteiger charge is -2.36. The Balaban J connectivity index is 0.000000683. The van der Waals surface area contributed by atoms with Gasteiger partial charge < -0.3 is 61.6 Å². The fraction of sp³-hybridized carbons (Fsp3) is 0.857. The van der Waals surface area contributed by atoms with Crippen LogP contribution in [0.4, 0.5) is 0 Å². The zero-order chi connectivity index (χ0) is 82.8. The molecule has 25 nitrogen and oxygen atoms in total. The standard InChI is InChI=1S/C18H30O6.C18H32O5.C17H30O4.C16H26O6.C15H26O4/c1-5-17(3,4)16(21)23-12-14(19)22-13-15(20)24-18(6-2)10-8-7-9-11-18;1-5-17(3,4)16(20)22-14-21-13-10-15(19)23-18(6-2)11-8-7-9-12-18;1-5-16(3,4)15(19)20-13-10-14(18)21-17(6-2)11-8-7-9-12-17;1-5-15(2,3)14(19)21-10-12(17)20-11-13(18)22-16(4)8-6-7-9-16;1-5-14(2,3)13(17)18-11-8-12(16)19-15(4)9-6-7-10-15/h5-13H2,1-4H3;5-14H2,1-4H3;5-13H2,1-4H3;5-11H2,1-4H3;5-11H2,1-4H3. The summed E-state index contributed by atoms with van der Waals surface area (Å²) in [6, 6.07) is 0. The van der Waals surface area contributed by atoms with E-state index in [1.54, 1.807) is 27.7 Å². The Hall–Kier alpha value is -6.40. The number of carbonyl (C=O) groups is 12. The predicted octanol–water partition coefficient (Wildman–Crippen LogP) is 16.8. The largest absolute Gasteiger partial charge is 0.465 e. The maximum absolute atomic E-state index is 12.0. The SMILES string of the molecule is CCC(C)(C)C(=O)OCC(=O)OCC(=O)OC1(C)CCCC1.CCC(C)(C)C(=O)OCCC(=O)OC1(C)CCCC1.CCC1(OC(=O)CCOC(=O)C(C)(C)CC)CCCCC1.CCC1(OC(=O)CCOCOC(=O)C(C)(C)CC)CCCCC1.CCC1(OC(=O)COC(=O)COC(=O)C(C)(C)CC)CCCCC1. The lowest BCUT2D eigenvalue weighted by molar-refractivity contribution is -0.176. The van der Waals surface area contributed by atoms with Crippen LogP contribution < -0.4 is 0 Å². The van der Waals surface area contributed by atoms with Crippen molar-refractivity contribution in [3.8, 4) is 0 Å². The molecule has 0 heterocycles. The number of esters is 12. The van der Waals surface area contributed by atoms with Crippen molar-refractivity contribution in [1.29, 1.82) is 0 Å². The molecule has 0 aromatic carbocycles. The van der Waals surface area contributed by atoms with E-state index < -0.39 is 101 Å². The van der Waals surface area contributed by atoms with Gasteiger partial charge in [-0.05, 0) is 263 Å². The van der Waals surface area contributed by atoms with Crippen molar-refractivity contribution >= 4 is 71.6 Å². The van der Waals surface area contributed by atoms with Crippen LogP contribution in [0.25, 0.3) is 0 Å². The smallest absolute Gasteiger partial charge is 0.344 e. The lowest BCUT2D eigenvalue weighted by atomic mass is 9.83. The first-order valence-corrected chi connectivity index (χ1v) is 40.8. The molecule has 5 aliphatic carbocycles. The van der Waals surface area contributed by atoms with Crippen LogP contribution in [0, 0.1) is 27.1 Å². The minimum absolute atomic E-state index is 0.108. The Bertz CT molecular complexity index is 2800. The summed E-state index contributed by atoms with van der Waals surface area (Å²) in [7, 11) is 0. The average Bonchev–Trinajstić information content (AvgIpc) is 1.70. The average molecular weight is 1550 g/mol. The molecule has 0 radical (unpaired) electrons. The molecular formula is C84H144O25. The van der Waals surface area contributed by atoms with Crippen molar-refractivity contribution < 1.29 is 119 Å². The highest BCUT2D eigenvalue weighted by Gasteiger charge is 2.40. The van der Waals surface area contributed by atoms with E-state index in [-0.39, 0.29) is 98.5 Å². The van der Waals surface area contributed by atoms with Gasteiger partial charge in [0.25, 0.3) is 0 Å². The summed E-state index contributed by atoms with van der Waals surface area (Å²) in [5.41, 5.74) is -4.47. The van der Waals surface area contributed by atoms with Crippen molar-refractivity contribution in [3.63, 3.8) is 0 Å². The molecule has 630 valence electrons.